The Bertz CT molecular complexity index is 738. The lowest BCUT2D eigenvalue weighted by molar-refractivity contribution is 0.0924. The lowest BCUT2D eigenvalue weighted by atomic mass is 10.1. The van der Waals surface area contributed by atoms with E-state index in [0.717, 1.165) is 25.9 Å². The molecule has 6 nitrogen and oxygen atoms in total. The largest absolute Gasteiger partial charge is 0.497 e. The summed E-state index contributed by atoms with van der Waals surface area (Å²) in [6, 6.07) is 4.68. The first-order valence-corrected chi connectivity index (χ1v) is 8.00. The number of ether oxygens (including phenoxy) is 1. The van der Waals surface area contributed by atoms with Crippen molar-refractivity contribution in [2.24, 2.45) is 0 Å². The van der Waals surface area contributed by atoms with E-state index in [1.165, 1.54) is 13.2 Å². The zero-order valence-electron chi connectivity index (χ0n) is 13.8. The average molecular weight is 332 g/mol. The standard InChI is InChI=1S/C17H21FN4O2/c1-10-15(17(23)21-11-5-7-19-8-6-11)22-16(20-10)13-4-3-12(24-2)9-14(13)18/h3-4,9,11,19H,5-8H2,1-2H3,(H,20,22)(H,21,23). The van der Waals surface area contributed by atoms with Gasteiger partial charge in [0.15, 0.2) is 0 Å². The van der Waals surface area contributed by atoms with Crippen LogP contribution in [0.1, 0.15) is 29.0 Å². The van der Waals surface area contributed by atoms with Crippen LogP contribution in [-0.4, -0.2) is 42.1 Å². The lowest BCUT2D eigenvalue weighted by Crippen LogP contribution is -2.43. The molecule has 0 bridgehead atoms. The van der Waals surface area contributed by atoms with Crippen molar-refractivity contribution in [2.75, 3.05) is 20.2 Å². The van der Waals surface area contributed by atoms with Gasteiger partial charge in [0.2, 0.25) is 0 Å². The molecule has 1 aromatic carbocycles. The van der Waals surface area contributed by atoms with E-state index < -0.39 is 5.82 Å². The fourth-order valence-electron chi connectivity index (χ4n) is 2.84. The molecule has 1 fully saturated rings. The molecule has 24 heavy (non-hydrogen) atoms. The Morgan fingerprint density at radius 3 is 2.79 bits per heavy atom. The van der Waals surface area contributed by atoms with Crippen LogP contribution in [0.3, 0.4) is 0 Å². The Hall–Kier alpha value is -2.41. The van der Waals surface area contributed by atoms with Crippen molar-refractivity contribution in [3.05, 3.63) is 35.4 Å². The van der Waals surface area contributed by atoms with E-state index in [1.54, 1.807) is 19.1 Å². The summed E-state index contributed by atoms with van der Waals surface area (Å²) in [4.78, 5) is 19.7. The van der Waals surface area contributed by atoms with Crippen LogP contribution in [-0.2, 0) is 0 Å². The molecule has 3 N–H and O–H groups in total. The van der Waals surface area contributed by atoms with Gasteiger partial charge in [-0.1, -0.05) is 0 Å². The predicted molar refractivity (Wildman–Crippen MR) is 88.6 cm³/mol. The number of aryl methyl sites for hydroxylation is 1. The van der Waals surface area contributed by atoms with Gasteiger partial charge in [-0.15, -0.1) is 0 Å². The molecule has 0 radical (unpaired) electrons. The van der Waals surface area contributed by atoms with Gasteiger partial charge in [0.25, 0.3) is 5.91 Å². The highest BCUT2D eigenvalue weighted by Crippen LogP contribution is 2.25. The Kier molecular flexibility index (Phi) is 4.80. The number of rotatable bonds is 4. The van der Waals surface area contributed by atoms with Crippen molar-refractivity contribution in [1.82, 2.24) is 20.6 Å². The van der Waals surface area contributed by atoms with Gasteiger partial charge in [-0.05, 0) is 45.0 Å². The molecule has 0 spiro atoms. The lowest BCUT2D eigenvalue weighted by Gasteiger charge is -2.23. The summed E-state index contributed by atoms with van der Waals surface area (Å²) < 4.78 is 19.2. The van der Waals surface area contributed by atoms with Crippen LogP contribution >= 0.6 is 0 Å². The van der Waals surface area contributed by atoms with Crippen LogP contribution in [0.4, 0.5) is 4.39 Å². The maximum atomic E-state index is 14.2. The second-order valence-corrected chi connectivity index (χ2v) is 5.90. The van der Waals surface area contributed by atoms with Crippen molar-refractivity contribution in [1.29, 1.82) is 0 Å². The molecule has 0 saturated carbocycles. The molecule has 128 valence electrons. The summed E-state index contributed by atoms with van der Waals surface area (Å²) >= 11 is 0. The SMILES string of the molecule is COc1ccc(-c2nc(C(=O)NC3CCNCC3)c(C)[nH]2)c(F)c1. The highest BCUT2D eigenvalue weighted by molar-refractivity contribution is 5.94. The Balaban J connectivity index is 1.80. The van der Waals surface area contributed by atoms with Gasteiger partial charge in [0.1, 0.15) is 23.1 Å². The number of halogens is 1. The molecule has 1 aliphatic rings. The Morgan fingerprint density at radius 1 is 1.38 bits per heavy atom. The molecular weight excluding hydrogens is 311 g/mol. The summed E-state index contributed by atoms with van der Waals surface area (Å²) in [5.41, 5.74) is 1.23. The minimum Gasteiger partial charge on any atom is -0.497 e. The first-order chi connectivity index (χ1) is 11.6. The van der Waals surface area contributed by atoms with E-state index in [4.69, 9.17) is 4.74 Å². The zero-order chi connectivity index (χ0) is 17.1. The maximum absolute atomic E-state index is 14.2. The van der Waals surface area contributed by atoms with Gasteiger partial charge in [-0.3, -0.25) is 4.79 Å². The number of benzene rings is 1. The van der Waals surface area contributed by atoms with Crippen molar-refractivity contribution in [3.63, 3.8) is 0 Å². The predicted octanol–water partition coefficient (Wildman–Crippen LogP) is 2.01. The number of carbonyl (C=O) groups is 1. The summed E-state index contributed by atoms with van der Waals surface area (Å²) in [7, 11) is 1.48. The highest BCUT2D eigenvalue weighted by Gasteiger charge is 2.21. The topological polar surface area (TPSA) is 79.0 Å². The molecule has 1 saturated heterocycles. The van der Waals surface area contributed by atoms with Crippen LogP contribution in [0.2, 0.25) is 0 Å². The molecule has 7 heteroatoms. The van der Waals surface area contributed by atoms with E-state index in [1.807, 2.05) is 0 Å². The van der Waals surface area contributed by atoms with Crippen molar-refractivity contribution in [2.45, 2.75) is 25.8 Å². The number of imidazole rings is 1. The van der Waals surface area contributed by atoms with E-state index in [0.29, 0.717) is 28.5 Å². The minimum atomic E-state index is -0.451. The second-order valence-electron chi connectivity index (χ2n) is 5.90. The van der Waals surface area contributed by atoms with E-state index in [-0.39, 0.29) is 11.9 Å². The minimum absolute atomic E-state index is 0.149. The number of carbonyl (C=O) groups excluding carboxylic acids is 1. The van der Waals surface area contributed by atoms with Crippen molar-refractivity contribution >= 4 is 5.91 Å². The van der Waals surface area contributed by atoms with Gasteiger partial charge in [-0.2, -0.15) is 0 Å². The number of piperidine rings is 1. The quantitative estimate of drug-likeness (QED) is 0.800. The third kappa shape index (κ3) is 3.41. The molecule has 1 aromatic heterocycles. The average Bonchev–Trinajstić information content (AvgIpc) is 2.97. The zero-order valence-corrected chi connectivity index (χ0v) is 13.8. The van der Waals surface area contributed by atoms with Gasteiger partial charge < -0.3 is 20.4 Å². The van der Waals surface area contributed by atoms with Gasteiger partial charge in [0, 0.05) is 17.8 Å². The number of H-pyrrole nitrogens is 1. The van der Waals surface area contributed by atoms with E-state index in [2.05, 4.69) is 20.6 Å². The summed E-state index contributed by atoms with van der Waals surface area (Å²) in [5, 5.41) is 6.25. The van der Waals surface area contributed by atoms with Crippen LogP contribution in [0, 0.1) is 12.7 Å². The molecule has 1 amide bonds. The molecule has 1 aliphatic heterocycles. The van der Waals surface area contributed by atoms with E-state index in [9.17, 15) is 9.18 Å². The number of nitrogens with one attached hydrogen (secondary N) is 3. The monoisotopic (exact) mass is 332 g/mol. The third-order valence-electron chi connectivity index (χ3n) is 4.21. The molecule has 2 heterocycles. The molecule has 2 aromatic rings. The molecule has 0 unspecified atom stereocenters. The third-order valence-corrected chi connectivity index (χ3v) is 4.21. The van der Waals surface area contributed by atoms with Gasteiger partial charge in [0.05, 0.1) is 12.7 Å². The summed E-state index contributed by atoms with van der Waals surface area (Å²) in [6.07, 6.45) is 1.80. The number of hydrogen-bond acceptors (Lipinski definition) is 4. The van der Waals surface area contributed by atoms with Crippen LogP contribution in [0.15, 0.2) is 18.2 Å². The Morgan fingerprint density at radius 2 is 2.12 bits per heavy atom. The number of hydrogen-bond donors (Lipinski definition) is 3. The van der Waals surface area contributed by atoms with Crippen molar-refractivity contribution < 1.29 is 13.9 Å². The first kappa shape index (κ1) is 16.4. The summed E-state index contributed by atoms with van der Waals surface area (Å²) in [5.74, 6) is 0.0933. The van der Waals surface area contributed by atoms with Crippen LogP contribution in [0.5, 0.6) is 5.75 Å². The van der Waals surface area contributed by atoms with Crippen LogP contribution < -0.4 is 15.4 Å². The first-order valence-electron chi connectivity index (χ1n) is 8.00. The van der Waals surface area contributed by atoms with Crippen molar-refractivity contribution in [3.8, 4) is 17.1 Å². The molecule has 0 atom stereocenters. The Labute approximate surface area is 139 Å². The number of aromatic amines is 1. The fourth-order valence-corrected chi connectivity index (χ4v) is 2.84. The molecule has 3 rings (SSSR count). The smallest absolute Gasteiger partial charge is 0.271 e. The number of methoxy groups -OCH3 is 1. The summed E-state index contributed by atoms with van der Waals surface area (Å²) in [6.45, 7) is 3.55. The normalized spacial score (nSPS) is 15.3. The van der Waals surface area contributed by atoms with E-state index >= 15 is 0 Å². The maximum Gasteiger partial charge on any atom is 0.271 e. The number of nitrogens with zero attached hydrogens (tertiary/aromatic N) is 1. The van der Waals surface area contributed by atoms with Gasteiger partial charge >= 0.3 is 0 Å². The molecule has 0 aliphatic carbocycles. The van der Waals surface area contributed by atoms with Gasteiger partial charge in [-0.25, -0.2) is 9.37 Å². The fraction of sp³-hybridized carbons (Fsp3) is 0.412. The van der Waals surface area contributed by atoms with Crippen LogP contribution in [0.25, 0.3) is 11.4 Å². The molecular formula is C17H21FN4O2. The highest BCUT2D eigenvalue weighted by atomic mass is 19.1. The second kappa shape index (κ2) is 7.00. The number of amides is 1. The number of aromatic nitrogens is 2.